The van der Waals surface area contributed by atoms with E-state index in [0.29, 0.717) is 41.9 Å². The van der Waals surface area contributed by atoms with Gasteiger partial charge in [0.25, 0.3) is 0 Å². The number of amides is 3. The minimum Gasteiger partial charge on any atom is -0.494 e. The van der Waals surface area contributed by atoms with Crippen molar-refractivity contribution in [1.29, 1.82) is 0 Å². The lowest BCUT2D eigenvalue weighted by molar-refractivity contribution is -0.146. The van der Waals surface area contributed by atoms with E-state index in [9.17, 15) is 18.0 Å². The highest BCUT2D eigenvalue weighted by molar-refractivity contribution is 7.61. The van der Waals surface area contributed by atoms with Gasteiger partial charge in [-0.15, -0.1) is 4.36 Å². The van der Waals surface area contributed by atoms with Crippen molar-refractivity contribution in [2.24, 2.45) is 22.1 Å². The van der Waals surface area contributed by atoms with Gasteiger partial charge in [-0.1, -0.05) is 6.07 Å². The fraction of sp³-hybridized carbons (Fsp3) is 0.652. The van der Waals surface area contributed by atoms with Crippen LogP contribution in [0, 0.1) is 17.8 Å². The molecule has 6 rings (SSSR count). The Morgan fingerprint density at radius 2 is 1.69 bits per heavy atom. The van der Waals surface area contributed by atoms with Crippen LogP contribution >= 0.6 is 0 Å². The van der Waals surface area contributed by atoms with Crippen molar-refractivity contribution in [2.45, 2.75) is 62.3 Å². The fourth-order valence-electron chi connectivity index (χ4n) is 7.08. The average Bonchev–Trinajstić information content (AvgIpc) is 3.54. The van der Waals surface area contributed by atoms with Crippen molar-refractivity contribution >= 4 is 28.1 Å². The second-order valence-electron chi connectivity index (χ2n) is 10.1. The minimum atomic E-state index is -2.64. The molecule has 0 radical (unpaired) electrons. The zero-order valence-corrected chi connectivity index (χ0v) is 19.3. The Balaban J connectivity index is 1.54. The molecule has 4 bridgehead atoms. The lowest BCUT2D eigenvalue weighted by atomic mass is 9.52. The zero-order valence-electron chi connectivity index (χ0n) is 18.5. The molecule has 1 N–H and O–H groups in total. The molecule has 0 heterocycles. The molecule has 1 aromatic carbocycles. The first-order chi connectivity index (χ1) is 15.3. The van der Waals surface area contributed by atoms with Gasteiger partial charge >= 0.3 is 16.5 Å². The Kier molecular flexibility index (Phi) is 5.07. The van der Waals surface area contributed by atoms with Gasteiger partial charge in [0, 0.05) is 7.05 Å². The molecule has 5 saturated carbocycles. The number of carbonyl (C=O) groups is 2. The van der Waals surface area contributed by atoms with Crippen molar-refractivity contribution in [3.63, 3.8) is 0 Å². The molecular weight excluding hydrogens is 430 g/mol. The third kappa shape index (κ3) is 3.32. The van der Waals surface area contributed by atoms with E-state index in [4.69, 9.17) is 4.74 Å². The first kappa shape index (κ1) is 21.4. The van der Waals surface area contributed by atoms with Gasteiger partial charge < -0.3 is 10.1 Å². The number of benzene rings is 1. The average molecular weight is 460 g/mol. The summed E-state index contributed by atoms with van der Waals surface area (Å²) in [5, 5.41) is 2.72. The maximum absolute atomic E-state index is 14.1. The van der Waals surface area contributed by atoms with Gasteiger partial charge in [-0.3, -0.25) is 9.69 Å². The largest absolute Gasteiger partial charge is 0.494 e. The summed E-state index contributed by atoms with van der Waals surface area (Å²) in [5.74, 6) is 1.93. The third-order valence-corrected chi connectivity index (χ3v) is 8.51. The van der Waals surface area contributed by atoms with E-state index < -0.39 is 21.5 Å². The Bertz CT molecular complexity index is 1070. The number of ether oxygens (including phenoxy) is 1. The molecule has 5 fully saturated rings. The first-order valence-electron chi connectivity index (χ1n) is 11.4. The number of nitrogens with one attached hydrogen (secondary N) is 1. The van der Waals surface area contributed by atoms with E-state index in [1.807, 2.05) is 0 Å². The van der Waals surface area contributed by atoms with Gasteiger partial charge in [0.1, 0.15) is 11.4 Å². The summed E-state index contributed by atoms with van der Waals surface area (Å²) in [6, 6.07) is 4.71. The number of urea groups is 1. The molecule has 9 heteroatoms. The Labute approximate surface area is 189 Å². The maximum Gasteiger partial charge on any atom is 0.324 e. The molecular formula is C23H29N3O5S. The molecule has 1 aromatic rings. The van der Waals surface area contributed by atoms with Crippen LogP contribution in [0.2, 0.25) is 0 Å². The van der Waals surface area contributed by atoms with Crippen LogP contribution in [0.1, 0.15) is 56.9 Å². The van der Waals surface area contributed by atoms with Crippen molar-refractivity contribution in [2.75, 3.05) is 14.2 Å². The van der Waals surface area contributed by atoms with Crippen molar-refractivity contribution in [3.05, 3.63) is 23.8 Å². The van der Waals surface area contributed by atoms with Crippen molar-refractivity contribution in [3.8, 4) is 5.75 Å². The van der Waals surface area contributed by atoms with Crippen LogP contribution in [-0.4, -0.2) is 45.0 Å². The highest BCUT2D eigenvalue weighted by atomic mass is 32.2. The molecule has 3 amide bonds. The van der Waals surface area contributed by atoms with Gasteiger partial charge in [-0.05, 0) is 86.8 Å². The van der Waals surface area contributed by atoms with Crippen molar-refractivity contribution in [1.82, 2.24) is 10.2 Å². The molecule has 0 unspecified atom stereocenters. The molecule has 32 heavy (non-hydrogen) atoms. The molecule has 0 spiro atoms. The summed E-state index contributed by atoms with van der Waals surface area (Å²) in [6.45, 7) is 0. The van der Waals surface area contributed by atoms with Gasteiger partial charge in [-0.2, -0.15) is 8.42 Å². The quantitative estimate of drug-likeness (QED) is 0.725. The number of hydrogen-bond acceptors (Lipinski definition) is 6. The highest BCUT2D eigenvalue weighted by Gasteiger charge is 2.62. The Hall–Kier alpha value is -2.42. The van der Waals surface area contributed by atoms with Gasteiger partial charge in [-0.25, -0.2) is 4.79 Å². The number of imide groups is 1. The van der Waals surface area contributed by atoms with Crippen LogP contribution in [0.4, 0.5) is 10.5 Å². The van der Waals surface area contributed by atoms with E-state index in [-0.39, 0.29) is 17.6 Å². The second kappa shape index (κ2) is 7.57. The second-order valence-corrected chi connectivity index (χ2v) is 10.7. The zero-order chi connectivity index (χ0) is 22.7. The van der Waals surface area contributed by atoms with E-state index in [0.717, 1.165) is 19.3 Å². The van der Waals surface area contributed by atoms with Gasteiger partial charge in [0.2, 0.25) is 5.91 Å². The van der Waals surface area contributed by atoms with E-state index in [1.54, 1.807) is 30.1 Å². The molecule has 172 valence electrons. The first-order valence-corrected chi connectivity index (χ1v) is 12.4. The maximum atomic E-state index is 14.1. The van der Waals surface area contributed by atoms with Crippen LogP contribution < -0.4 is 10.1 Å². The van der Waals surface area contributed by atoms with Crippen LogP contribution in [0.5, 0.6) is 5.75 Å². The Morgan fingerprint density at radius 1 is 1.09 bits per heavy atom. The number of rotatable bonds is 5. The van der Waals surface area contributed by atoms with E-state index >= 15 is 0 Å². The number of methoxy groups -OCH3 is 1. The van der Waals surface area contributed by atoms with Gasteiger partial charge in [0.05, 0.1) is 18.1 Å². The van der Waals surface area contributed by atoms with Crippen LogP contribution in [0.25, 0.3) is 0 Å². The smallest absolute Gasteiger partial charge is 0.324 e. The number of carbonyl (C=O) groups excluding carboxylic acids is 2. The summed E-state index contributed by atoms with van der Waals surface area (Å²) < 4.78 is 31.3. The lowest BCUT2D eigenvalue weighted by Crippen LogP contribution is -2.66. The molecule has 5 aliphatic carbocycles. The predicted molar refractivity (Wildman–Crippen MR) is 117 cm³/mol. The van der Waals surface area contributed by atoms with Crippen LogP contribution in [0.3, 0.4) is 0 Å². The Morgan fingerprint density at radius 3 is 2.16 bits per heavy atom. The van der Waals surface area contributed by atoms with E-state index in [1.165, 1.54) is 26.4 Å². The normalized spacial score (nSPS) is 31.0. The minimum absolute atomic E-state index is 0.165. The molecule has 0 aliphatic heterocycles. The topological polar surface area (TPSA) is 105 Å². The molecule has 0 saturated heterocycles. The molecule has 5 aliphatic rings. The predicted octanol–water partition coefficient (Wildman–Crippen LogP) is 3.56. The molecule has 8 nitrogen and oxygen atoms in total. The SMILES string of the molecule is CNC(=O)N(C(=O)C1(c2ccc(OC)c(N=S(=O)=O)c2)CC1)C12CC3CC(CC(C3)C1)C2. The monoisotopic (exact) mass is 459 g/mol. The summed E-state index contributed by atoms with van der Waals surface area (Å²) in [5.41, 5.74) is -0.376. The third-order valence-electron chi connectivity index (χ3n) is 8.16. The summed E-state index contributed by atoms with van der Waals surface area (Å²) >= 11 is 0. The van der Waals surface area contributed by atoms with E-state index in [2.05, 4.69) is 9.68 Å². The lowest BCUT2D eigenvalue weighted by Gasteiger charge is -2.59. The van der Waals surface area contributed by atoms with Crippen molar-refractivity contribution < 1.29 is 22.7 Å². The molecule has 0 atom stereocenters. The standard InChI is InChI=1S/C23H29N3O5S/c1-24-21(28)26(22-11-14-7-15(12-22)9-16(8-14)13-22)20(27)23(5-6-23)17-3-4-19(31-2)18(10-17)25-32(29)30/h3-4,10,14-16H,5-9,11-13H2,1-2H3,(H,24,28). The summed E-state index contributed by atoms with van der Waals surface area (Å²) in [6.07, 6.45) is 7.59. The number of hydrogen-bond donors (Lipinski definition) is 1. The highest BCUT2D eigenvalue weighted by Crippen LogP contribution is 2.60. The van der Waals surface area contributed by atoms with Crippen LogP contribution in [-0.2, 0) is 20.7 Å². The summed E-state index contributed by atoms with van der Waals surface area (Å²) in [4.78, 5) is 28.8. The van der Waals surface area contributed by atoms with Crippen LogP contribution in [0.15, 0.2) is 22.6 Å². The molecule has 0 aromatic heterocycles. The number of nitrogens with zero attached hydrogens (tertiary/aromatic N) is 2. The van der Waals surface area contributed by atoms with Gasteiger partial charge in [0.15, 0.2) is 0 Å². The summed E-state index contributed by atoms with van der Waals surface area (Å²) in [7, 11) is 0.381. The fourth-order valence-corrected chi connectivity index (χ4v) is 7.38.